The first-order valence-electron chi connectivity index (χ1n) is 8.45. The minimum absolute atomic E-state index is 0.216. The number of aromatic nitrogens is 1. The van der Waals surface area contributed by atoms with Gasteiger partial charge in [0.05, 0.1) is 18.9 Å². The summed E-state index contributed by atoms with van der Waals surface area (Å²) in [5.41, 5.74) is 0.846. The maximum absolute atomic E-state index is 12.2. The minimum Gasteiger partial charge on any atom is -0.379 e. The van der Waals surface area contributed by atoms with Crippen LogP contribution in [0.4, 0.5) is 10.6 Å². The van der Waals surface area contributed by atoms with Gasteiger partial charge < -0.3 is 10.1 Å². The van der Waals surface area contributed by atoms with Crippen molar-refractivity contribution in [1.29, 1.82) is 0 Å². The van der Waals surface area contributed by atoms with E-state index in [1.54, 1.807) is 6.07 Å². The lowest BCUT2D eigenvalue weighted by atomic mass is 10.0. The van der Waals surface area contributed by atoms with Crippen LogP contribution in [0.25, 0.3) is 0 Å². The molecule has 1 aliphatic heterocycles. The number of amides is 2. The lowest BCUT2D eigenvalue weighted by Gasteiger charge is -2.35. The van der Waals surface area contributed by atoms with Crippen molar-refractivity contribution < 1.29 is 9.53 Å². The van der Waals surface area contributed by atoms with Crippen molar-refractivity contribution in [2.24, 2.45) is 5.92 Å². The third-order valence-corrected chi connectivity index (χ3v) is 4.90. The summed E-state index contributed by atoms with van der Waals surface area (Å²) < 4.78 is 6.36. The van der Waals surface area contributed by atoms with Gasteiger partial charge >= 0.3 is 6.03 Å². The zero-order chi connectivity index (χ0) is 17.5. The largest absolute Gasteiger partial charge is 0.379 e. The second-order valence-corrected chi connectivity index (χ2v) is 7.38. The summed E-state index contributed by atoms with van der Waals surface area (Å²) in [6.07, 6.45) is 1.05. The van der Waals surface area contributed by atoms with Crippen LogP contribution in [0.15, 0.2) is 16.6 Å². The fourth-order valence-electron chi connectivity index (χ4n) is 2.83. The Morgan fingerprint density at radius 2 is 2.08 bits per heavy atom. The van der Waals surface area contributed by atoms with E-state index in [0.29, 0.717) is 24.3 Å². The van der Waals surface area contributed by atoms with Gasteiger partial charge in [-0.15, -0.1) is 0 Å². The van der Waals surface area contributed by atoms with Crippen molar-refractivity contribution in [3.8, 4) is 0 Å². The van der Waals surface area contributed by atoms with Crippen LogP contribution in [-0.4, -0.2) is 54.8 Å². The Hall–Kier alpha value is -1.18. The number of aryl methyl sites for hydroxylation is 1. The number of nitrogens with zero attached hydrogens (tertiary/aromatic N) is 2. The number of hydrogen-bond acceptors (Lipinski definition) is 4. The number of hydrogen-bond donors (Lipinski definition) is 2. The summed E-state index contributed by atoms with van der Waals surface area (Å²) in [6.45, 7) is 10.3. The van der Waals surface area contributed by atoms with E-state index in [0.717, 1.165) is 42.9 Å². The SMILES string of the molecule is Cc1nc(NC(=O)NC[C@H](CC(C)C)N2CCOCC2)ccc1Br. The van der Waals surface area contributed by atoms with Gasteiger partial charge in [-0.2, -0.15) is 0 Å². The second kappa shape index (κ2) is 9.34. The van der Waals surface area contributed by atoms with Crippen LogP contribution in [0.3, 0.4) is 0 Å². The Bertz CT molecular complexity index is 547. The molecule has 2 amide bonds. The number of ether oxygens (including phenoxy) is 1. The molecule has 0 aliphatic carbocycles. The predicted octanol–water partition coefficient (Wildman–Crippen LogP) is 3.02. The lowest BCUT2D eigenvalue weighted by molar-refractivity contribution is 0.0130. The first kappa shape index (κ1) is 19.1. The van der Waals surface area contributed by atoms with E-state index in [2.05, 4.69) is 50.3 Å². The summed E-state index contributed by atoms with van der Waals surface area (Å²) in [5, 5.41) is 5.78. The van der Waals surface area contributed by atoms with E-state index in [1.165, 1.54) is 0 Å². The molecule has 0 radical (unpaired) electrons. The Morgan fingerprint density at radius 3 is 2.71 bits per heavy atom. The molecule has 0 unspecified atom stereocenters. The van der Waals surface area contributed by atoms with Gasteiger partial charge in [0.1, 0.15) is 5.82 Å². The number of rotatable bonds is 6. The summed E-state index contributed by atoms with van der Waals surface area (Å²) >= 11 is 3.41. The highest BCUT2D eigenvalue weighted by molar-refractivity contribution is 9.10. The summed E-state index contributed by atoms with van der Waals surface area (Å²) in [7, 11) is 0. The standard InChI is InChI=1S/C17H27BrN4O2/c1-12(2)10-14(22-6-8-24-9-7-22)11-19-17(23)21-16-5-4-15(18)13(3)20-16/h4-5,12,14H,6-11H2,1-3H3,(H2,19,20,21,23)/t14-/m0/s1. The zero-order valence-corrected chi connectivity index (χ0v) is 16.2. The van der Waals surface area contributed by atoms with Gasteiger partial charge in [0.25, 0.3) is 0 Å². The molecular weight excluding hydrogens is 372 g/mol. The van der Waals surface area contributed by atoms with Crippen molar-refractivity contribution in [3.05, 3.63) is 22.3 Å². The molecule has 134 valence electrons. The highest BCUT2D eigenvalue weighted by Crippen LogP contribution is 2.16. The molecule has 7 heteroatoms. The molecule has 1 saturated heterocycles. The van der Waals surface area contributed by atoms with E-state index in [-0.39, 0.29) is 6.03 Å². The molecule has 2 rings (SSSR count). The molecule has 2 heterocycles. The summed E-state index contributed by atoms with van der Waals surface area (Å²) in [6, 6.07) is 3.78. The van der Waals surface area contributed by atoms with Crippen molar-refractivity contribution in [2.75, 3.05) is 38.2 Å². The van der Waals surface area contributed by atoms with Gasteiger partial charge in [0, 0.05) is 30.1 Å². The number of pyridine rings is 1. The molecule has 1 fully saturated rings. The van der Waals surface area contributed by atoms with Gasteiger partial charge in [0.15, 0.2) is 0 Å². The molecule has 1 aromatic rings. The number of halogens is 1. The van der Waals surface area contributed by atoms with Crippen LogP contribution >= 0.6 is 15.9 Å². The molecule has 1 aromatic heterocycles. The quantitative estimate of drug-likeness (QED) is 0.772. The average Bonchev–Trinajstić information content (AvgIpc) is 2.55. The smallest absolute Gasteiger partial charge is 0.320 e. The van der Waals surface area contributed by atoms with E-state index < -0.39 is 0 Å². The van der Waals surface area contributed by atoms with Crippen molar-refractivity contribution in [2.45, 2.75) is 33.2 Å². The maximum atomic E-state index is 12.2. The first-order valence-corrected chi connectivity index (χ1v) is 9.25. The molecule has 0 saturated carbocycles. The van der Waals surface area contributed by atoms with Crippen LogP contribution in [0, 0.1) is 12.8 Å². The van der Waals surface area contributed by atoms with E-state index in [1.807, 2.05) is 13.0 Å². The second-order valence-electron chi connectivity index (χ2n) is 6.53. The molecule has 2 N–H and O–H groups in total. The highest BCUT2D eigenvalue weighted by atomic mass is 79.9. The Labute approximate surface area is 152 Å². The number of anilines is 1. The van der Waals surface area contributed by atoms with E-state index in [9.17, 15) is 4.79 Å². The molecule has 0 aromatic carbocycles. The van der Waals surface area contributed by atoms with Gasteiger partial charge in [-0.1, -0.05) is 13.8 Å². The number of carbonyl (C=O) groups excluding carboxylic acids is 1. The molecule has 24 heavy (non-hydrogen) atoms. The van der Waals surface area contributed by atoms with Gasteiger partial charge in [0.2, 0.25) is 0 Å². The number of nitrogens with one attached hydrogen (secondary N) is 2. The van der Waals surface area contributed by atoms with Crippen molar-refractivity contribution in [3.63, 3.8) is 0 Å². The van der Waals surface area contributed by atoms with E-state index in [4.69, 9.17) is 4.74 Å². The molecule has 0 bridgehead atoms. The van der Waals surface area contributed by atoms with Crippen LogP contribution in [0.5, 0.6) is 0 Å². The van der Waals surface area contributed by atoms with Crippen LogP contribution in [0.1, 0.15) is 26.0 Å². The van der Waals surface area contributed by atoms with Crippen LogP contribution in [-0.2, 0) is 4.74 Å². The minimum atomic E-state index is -0.216. The summed E-state index contributed by atoms with van der Waals surface area (Å²) in [4.78, 5) is 18.9. The zero-order valence-electron chi connectivity index (χ0n) is 14.6. The molecule has 1 aliphatic rings. The first-order chi connectivity index (χ1) is 11.5. The monoisotopic (exact) mass is 398 g/mol. The lowest BCUT2D eigenvalue weighted by Crippen LogP contribution is -2.49. The number of morpholine rings is 1. The highest BCUT2D eigenvalue weighted by Gasteiger charge is 2.22. The van der Waals surface area contributed by atoms with Gasteiger partial charge in [-0.3, -0.25) is 10.2 Å². The summed E-state index contributed by atoms with van der Waals surface area (Å²) in [5.74, 6) is 1.14. The Balaban J connectivity index is 1.87. The van der Waals surface area contributed by atoms with Gasteiger partial charge in [-0.25, -0.2) is 9.78 Å². The van der Waals surface area contributed by atoms with Gasteiger partial charge in [-0.05, 0) is 47.3 Å². The molecular formula is C17H27BrN4O2. The fourth-order valence-corrected chi connectivity index (χ4v) is 3.05. The predicted molar refractivity (Wildman–Crippen MR) is 99.3 cm³/mol. The number of carbonyl (C=O) groups is 1. The Morgan fingerprint density at radius 1 is 1.38 bits per heavy atom. The number of urea groups is 1. The topological polar surface area (TPSA) is 66.5 Å². The third kappa shape index (κ3) is 6.03. The van der Waals surface area contributed by atoms with Crippen molar-refractivity contribution in [1.82, 2.24) is 15.2 Å². The van der Waals surface area contributed by atoms with Crippen LogP contribution < -0.4 is 10.6 Å². The Kier molecular flexibility index (Phi) is 7.45. The van der Waals surface area contributed by atoms with Crippen LogP contribution in [0.2, 0.25) is 0 Å². The molecule has 6 nitrogen and oxygen atoms in total. The van der Waals surface area contributed by atoms with Crippen molar-refractivity contribution >= 4 is 27.8 Å². The van der Waals surface area contributed by atoms with E-state index >= 15 is 0 Å². The molecule has 1 atom stereocenters. The molecule has 0 spiro atoms. The average molecular weight is 399 g/mol. The normalized spacial score (nSPS) is 16.9. The maximum Gasteiger partial charge on any atom is 0.320 e. The fraction of sp³-hybridized carbons (Fsp3) is 0.647. The third-order valence-electron chi connectivity index (χ3n) is 4.07.